The molecule has 0 saturated heterocycles. The number of fused-ring (bicyclic) bond motifs is 3. The molecule has 4 rings (SSSR count). The molecule has 0 bridgehead atoms. The molecule has 2 heterocycles. The summed E-state index contributed by atoms with van der Waals surface area (Å²) in [5.74, 6) is -0.429. The first-order valence-electron chi connectivity index (χ1n) is 7.60. The first-order valence-corrected chi connectivity index (χ1v) is 7.98. The lowest BCUT2D eigenvalue weighted by atomic mass is 10.2. The van der Waals surface area contributed by atoms with E-state index in [9.17, 15) is 15.2 Å². The van der Waals surface area contributed by atoms with Gasteiger partial charge in [0.15, 0.2) is 5.65 Å². The Kier molecular flexibility index (Phi) is 4.01. The topological polar surface area (TPSA) is 142 Å². The number of nitro benzene ring substituents is 1. The molecule has 27 heavy (non-hydrogen) atoms. The summed E-state index contributed by atoms with van der Waals surface area (Å²) in [5.41, 5.74) is 4.16. The van der Waals surface area contributed by atoms with Crippen LogP contribution in [0.15, 0.2) is 41.5 Å². The van der Waals surface area contributed by atoms with Gasteiger partial charge < -0.3 is 10.1 Å². The summed E-state index contributed by atoms with van der Waals surface area (Å²) in [6.45, 7) is 0. The molecule has 0 aliphatic rings. The Morgan fingerprint density at radius 2 is 2.11 bits per heavy atom. The van der Waals surface area contributed by atoms with Crippen LogP contribution in [0.5, 0.6) is 5.75 Å². The number of hydrogen-bond acceptors (Lipinski definition) is 8. The molecule has 0 aliphatic heterocycles. The molecule has 0 amide bonds. The van der Waals surface area contributed by atoms with Crippen LogP contribution in [0.2, 0.25) is 5.02 Å². The normalized spacial score (nSPS) is 11.4. The van der Waals surface area contributed by atoms with Crippen LogP contribution in [-0.4, -0.2) is 36.4 Å². The number of nitro groups is 1. The number of aromatic nitrogens is 4. The van der Waals surface area contributed by atoms with Crippen molar-refractivity contribution in [1.29, 1.82) is 0 Å². The molecule has 0 fully saturated rings. The predicted octanol–water partition coefficient (Wildman–Crippen LogP) is 3.22. The van der Waals surface area contributed by atoms with E-state index in [1.807, 2.05) is 24.3 Å². The predicted molar refractivity (Wildman–Crippen MR) is 100 cm³/mol. The van der Waals surface area contributed by atoms with Crippen molar-refractivity contribution in [3.8, 4) is 5.75 Å². The third-order valence-electron chi connectivity index (χ3n) is 3.77. The first-order chi connectivity index (χ1) is 13.0. The average Bonchev–Trinajstić information content (AvgIpc) is 3.01. The number of benzene rings is 2. The number of halogens is 1. The smallest absolute Gasteiger partial charge is 0.312 e. The molecule has 10 nitrogen and oxygen atoms in total. The largest absolute Gasteiger partial charge is 0.502 e. The Morgan fingerprint density at radius 3 is 2.93 bits per heavy atom. The van der Waals surface area contributed by atoms with E-state index in [2.05, 4.69) is 30.7 Å². The van der Waals surface area contributed by atoms with Crippen molar-refractivity contribution in [3.05, 3.63) is 57.1 Å². The van der Waals surface area contributed by atoms with E-state index < -0.39 is 16.4 Å². The van der Waals surface area contributed by atoms with Gasteiger partial charge in [0.1, 0.15) is 5.52 Å². The number of hydrazone groups is 1. The number of aromatic amines is 1. The Labute approximate surface area is 155 Å². The second-order valence-electron chi connectivity index (χ2n) is 5.49. The average molecular weight is 384 g/mol. The van der Waals surface area contributed by atoms with Crippen molar-refractivity contribution in [3.63, 3.8) is 0 Å². The molecule has 0 aliphatic carbocycles. The number of H-pyrrole nitrogens is 1. The molecule has 4 aromatic rings. The highest BCUT2D eigenvalue weighted by Crippen LogP contribution is 2.32. The van der Waals surface area contributed by atoms with Crippen molar-refractivity contribution < 1.29 is 10.0 Å². The van der Waals surface area contributed by atoms with Crippen LogP contribution in [0, 0.1) is 10.1 Å². The minimum Gasteiger partial charge on any atom is -0.502 e. The minimum atomic E-state index is -0.733. The van der Waals surface area contributed by atoms with Gasteiger partial charge in [-0.25, -0.2) is 5.43 Å². The van der Waals surface area contributed by atoms with E-state index in [1.165, 1.54) is 12.3 Å². The second kappa shape index (κ2) is 6.50. The lowest BCUT2D eigenvalue weighted by molar-refractivity contribution is -0.385. The maximum Gasteiger partial charge on any atom is 0.312 e. The van der Waals surface area contributed by atoms with Gasteiger partial charge in [0, 0.05) is 27.6 Å². The molecule has 0 radical (unpaired) electrons. The summed E-state index contributed by atoms with van der Waals surface area (Å²) in [5, 5.41) is 33.8. The number of nitrogens with one attached hydrogen (secondary N) is 2. The van der Waals surface area contributed by atoms with E-state index in [1.54, 1.807) is 0 Å². The van der Waals surface area contributed by atoms with Crippen LogP contribution in [0.1, 0.15) is 5.56 Å². The Bertz CT molecular complexity index is 1220. The fourth-order valence-corrected chi connectivity index (χ4v) is 2.79. The number of anilines is 1. The van der Waals surface area contributed by atoms with Gasteiger partial charge in [-0.05, 0) is 12.1 Å². The van der Waals surface area contributed by atoms with Crippen LogP contribution in [0.4, 0.5) is 11.6 Å². The van der Waals surface area contributed by atoms with Crippen molar-refractivity contribution >= 4 is 51.5 Å². The van der Waals surface area contributed by atoms with E-state index in [-0.39, 0.29) is 16.5 Å². The fourth-order valence-electron chi connectivity index (χ4n) is 2.57. The molecule has 0 atom stereocenters. The zero-order valence-corrected chi connectivity index (χ0v) is 14.2. The number of rotatable bonds is 4. The van der Waals surface area contributed by atoms with Crippen molar-refractivity contribution in [2.75, 3.05) is 5.43 Å². The van der Waals surface area contributed by atoms with Gasteiger partial charge in [0.25, 0.3) is 5.95 Å². The van der Waals surface area contributed by atoms with Crippen LogP contribution >= 0.6 is 11.6 Å². The first kappa shape index (κ1) is 16.7. The minimum absolute atomic E-state index is 0.0707. The summed E-state index contributed by atoms with van der Waals surface area (Å²) >= 11 is 5.83. The highest BCUT2D eigenvalue weighted by atomic mass is 35.5. The van der Waals surface area contributed by atoms with Gasteiger partial charge in [0.05, 0.1) is 11.1 Å². The lowest BCUT2D eigenvalue weighted by Gasteiger charge is -2.01. The van der Waals surface area contributed by atoms with Crippen LogP contribution < -0.4 is 5.43 Å². The highest BCUT2D eigenvalue weighted by Gasteiger charge is 2.17. The molecule has 3 N–H and O–H groups in total. The van der Waals surface area contributed by atoms with Gasteiger partial charge in [-0.2, -0.15) is 10.1 Å². The van der Waals surface area contributed by atoms with Crippen LogP contribution in [-0.2, 0) is 0 Å². The van der Waals surface area contributed by atoms with E-state index in [4.69, 9.17) is 11.6 Å². The van der Waals surface area contributed by atoms with Gasteiger partial charge in [-0.15, -0.1) is 10.2 Å². The quantitative estimate of drug-likeness (QED) is 0.279. The number of phenols is 1. The van der Waals surface area contributed by atoms with Crippen molar-refractivity contribution in [2.45, 2.75) is 0 Å². The molecule has 134 valence electrons. The summed E-state index contributed by atoms with van der Waals surface area (Å²) in [6.07, 6.45) is 1.17. The molecule has 0 unspecified atom stereocenters. The molecule has 0 saturated carbocycles. The number of hydrogen-bond donors (Lipinski definition) is 3. The zero-order chi connectivity index (χ0) is 19.0. The van der Waals surface area contributed by atoms with E-state index in [0.29, 0.717) is 11.2 Å². The van der Waals surface area contributed by atoms with Gasteiger partial charge >= 0.3 is 5.69 Å². The molecule has 2 aromatic carbocycles. The summed E-state index contributed by atoms with van der Waals surface area (Å²) < 4.78 is 0. The highest BCUT2D eigenvalue weighted by molar-refractivity contribution is 6.31. The maximum atomic E-state index is 10.9. The molecular formula is C16H10ClN7O3. The van der Waals surface area contributed by atoms with E-state index >= 15 is 0 Å². The summed E-state index contributed by atoms with van der Waals surface area (Å²) in [4.78, 5) is 17.6. The molecule has 2 aromatic heterocycles. The number of phenolic OH excluding ortho intramolecular Hbond substituents is 1. The van der Waals surface area contributed by atoms with Crippen LogP contribution in [0.25, 0.3) is 22.1 Å². The third-order valence-corrected chi connectivity index (χ3v) is 3.99. The lowest BCUT2D eigenvalue weighted by Crippen LogP contribution is -1.99. The fraction of sp³-hybridized carbons (Fsp3) is 0. The van der Waals surface area contributed by atoms with E-state index in [0.717, 1.165) is 17.0 Å². The SMILES string of the molecule is O=[N+]([O-])c1cc(Cl)cc(/C=N/Nc2nnc3c(n2)[nH]c2ccccc23)c1O. The Hall–Kier alpha value is -3.79. The number of nitrogens with zero attached hydrogens (tertiary/aromatic N) is 5. The maximum absolute atomic E-state index is 10.9. The second-order valence-corrected chi connectivity index (χ2v) is 5.93. The standard InChI is InChI=1S/C16H10ClN7O3/c17-9-5-8(14(25)12(6-9)24(26)27)7-18-22-16-20-15-13(21-23-16)10-3-1-2-4-11(10)19-15/h1-7,25H,(H2,19,20,22,23)/b18-7+. The van der Waals surface area contributed by atoms with Crippen LogP contribution in [0.3, 0.4) is 0 Å². The van der Waals surface area contributed by atoms with Gasteiger partial charge in [-0.3, -0.25) is 10.1 Å². The van der Waals surface area contributed by atoms with Crippen molar-refractivity contribution in [2.24, 2.45) is 5.10 Å². The Balaban J connectivity index is 1.62. The number of aromatic hydroxyl groups is 1. The molecule has 0 spiro atoms. The zero-order valence-electron chi connectivity index (χ0n) is 13.4. The molecule has 11 heteroatoms. The summed E-state index contributed by atoms with van der Waals surface area (Å²) in [7, 11) is 0. The Morgan fingerprint density at radius 1 is 1.30 bits per heavy atom. The van der Waals surface area contributed by atoms with Crippen molar-refractivity contribution in [1.82, 2.24) is 20.2 Å². The van der Waals surface area contributed by atoms with Gasteiger partial charge in [0.2, 0.25) is 5.75 Å². The monoisotopic (exact) mass is 383 g/mol. The molecular weight excluding hydrogens is 374 g/mol. The van der Waals surface area contributed by atoms with Gasteiger partial charge in [-0.1, -0.05) is 29.8 Å². The number of para-hydroxylation sites is 1. The summed E-state index contributed by atoms with van der Waals surface area (Å²) in [6, 6.07) is 9.99. The third kappa shape index (κ3) is 3.09.